The van der Waals surface area contributed by atoms with Crippen LogP contribution in [0.5, 0.6) is 0 Å². The van der Waals surface area contributed by atoms with Gasteiger partial charge in [-0.25, -0.2) is 9.37 Å². The van der Waals surface area contributed by atoms with Crippen LogP contribution in [0, 0.1) is 5.82 Å². The second-order valence-corrected chi connectivity index (χ2v) is 7.00. The standard InChI is InChI=1S/C21H21FN4O2/c22-15-10-8-14(9-11-15)13-23-20(27)18-17-7-3-4-12-26(17)19(25-18)21(28)24-16-5-1-2-6-16/h3-4,7-12,16H,1-2,5-6,13H2,(H,23,27)(H,24,28). The van der Waals surface area contributed by atoms with Gasteiger partial charge in [0.1, 0.15) is 5.82 Å². The number of pyridine rings is 1. The Morgan fingerprint density at radius 2 is 1.82 bits per heavy atom. The molecule has 1 aliphatic carbocycles. The Hall–Kier alpha value is -3.22. The van der Waals surface area contributed by atoms with E-state index < -0.39 is 0 Å². The molecule has 0 unspecified atom stereocenters. The zero-order valence-corrected chi connectivity index (χ0v) is 15.3. The Kier molecular flexibility index (Phi) is 5.06. The van der Waals surface area contributed by atoms with E-state index in [0.717, 1.165) is 31.2 Å². The van der Waals surface area contributed by atoms with E-state index in [4.69, 9.17) is 0 Å². The minimum atomic E-state index is -0.382. The topological polar surface area (TPSA) is 75.5 Å². The maximum Gasteiger partial charge on any atom is 0.287 e. The molecule has 2 N–H and O–H groups in total. The van der Waals surface area contributed by atoms with Crippen molar-refractivity contribution in [2.24, 2.45) is 0 Å². The van der Waals surface area contributed by atoms with E-state index in [1.807, 2.05) is 0 Å². The Balaban J connectivity index is 1.55. The molecule has 0 bridgehead atoms. The predicted octanol–water partition coefficient (Wildman–Crippen LogP) is 3.08. The van der Waals surface area contributed by atoms with Gasteiger partial charge in [-0.05, 0) is 42.7 Å². The normalized spacial score (nSPS) is 14.3. The number of fused-ring (bicyclic) bond motifs is 1. The number of carbonyl (C=O) groups is 2. The van der Waals surface area contributed by atoms with E-state index in [2.05, 4.69) is 15.6 Å². The van der Waals surface area contributed by atoms with Crippen molar-refractivity contribution in [3.05, 3.63) is 71.6 Å². The molecule has 0 aliphatic heterocycles. The zero-order chi connectivity index (χ0) is 19.5. The minimum Gasteiger partial charge on any atom is -0.347 e. The summed E-state index contributed by atoms with van der Waals surface area (Å²) in [6.45, 7) is 0.245. The molecule has 2 aromatic heterocycles. The second-order valence-electron chi connectivity index (χ2n) is 7.00. The van der Waals surface area contributed by atoms with Gasteiger partial charge in [0, 0.05) is 18.8 Å². The molecule has 6 nitrogen and oxygen atoms in total. The molecule has 0 atom stereocenters. The van der Waals surface area contributed by atoms with Crippen molar-refractivity contribution >= 4 is 17.3 Å². The molecule has 4 rings (SSSR count). The number of hydrogen-bond acceptors (Lipinski definition) is 3. The van der Waals surface area contributed by atoms with E-state index in [0.29, 0.717) is 5.52 Å². The van der Waals surface area contributed by atoms with E-state index in [-0.39, 0.29) is 41.7 Å². The number of nitrogens with one attached hydrogen (secondary N) is 2. The molecular formula is C21H21FN4O2. The van der Waals surface area contributed by atoms with Gasteiger partial charge >= 0.3 is 0 Å². The molecular weight excluding hydrogens is 359 g/mol. The molecule has 28 heavy (non-hydrogen) atoms. The number of carbonyl (C=O) groups excluding carboxylic acids is 2. The van der Waals surface area contributed by atoms with Crippen LogP contribution in [0.15, 0.2) is 48.7 Å². The van der Waals surface area contributed by atoms with Crippen molar-refractivity contribution in [1.82, 2.24) is 20.0 Å². The Labute approximate surface area is 161 Å². The van der Waals surface area contributed by atoms with Gasteiger partial charge in [0.15, 0.2) is 5.69 Å². The van der Waals surface area contributed by atoms with Gasteiger partial charge in [-0.3, -0.25) is 14.0 Å². The summed E-state index contributed by atoms with van der Waals surface area (Å²) in [6.07, 6.45) is 5.90. The number of nitrogens with zero attached hydrogens (tertiary/aromatic N) is 2. The molecule has 1 aromatic carbocycles. The van der Waals surface area contributed by atoms with Gasteiger partial charge in [-0.1, -0.05) is 31.0 Å². The molecule has 2 amide bonds. The molecule has 1 fully saturated rings. The Bertz CT molecular complexity index is 1010. The fraction of sp³-hybridized carbons (Fsp3) is 0.286. The molecule has 0 radical (unpaired) electrons. The largest absolute Gasteiger partial charge is 0.347 e. The second kappa shape index (κ2) is 7.80. The molecule has 1 aliphatic rings. The van der Waals surface area contributed by atoms with E-state index in [1.165, 1.54) is 12.1 Å². The van der Waals surface area contributed by atoms with Gasteiger partial charge < -0.3 is 10.6 Å². The molecule has 1 saturated carbocycles. The summed E-state index contributed by atoms with van der Waals surface area (Å²) in [4.78, 5) is 29.7. The van der Waals surface area contributed by atoms with Gasteiger partial charge in [0.05, 0.1) is 5.52 Å². The minimum absolute atomic E-state index is 0.166. The van der Waals surface area contributed by atoms with E-state index >= 15 is 0 Å². The van der Waals surface area contributed by atoms with Crippen molar-refractivity contribution in [3.63, 3.8) is 0 Å². The number of rotatable bonds is 5. The van der Waals surface area contributed by atoms with Crippen LogP contribution in [-0.4, -0.2) is 27.2 Å². The highest BCUT2D eigenvalue weighted by atomic mass is 19.1. The van der Waals surface area contributed by atoms with Gasteiger partial charge in [-0.15, -0.1) is 0 Å². The van der Waals surface area contributed by atoms with Crippen LogP contribution < -0.4 is 10.6 Å². The highest BCUT2D eigenvalue weighted by molar-refractivity contribution is 6.02. The average molecular weight is 380 g/mol. The predicted molar refractivity (Wildman–Crippen MR) is 102 cm³/mol. The molecule has 144 valence electrons. The highest BCUT2D eigenvalue weighted by Gasteiger charge is 2.24. The van der Waals surface area contributed by atoms with Crippen molar-refractivity contribution in [3.8, 4) is 0 Å². The van der Waals surface area contributed by atoms with Crippen LogP contribution in [0.1, 0.15) is 52.4 Å². The van der Waals surface area contributed by atoms with Crippen molar-refractivity contribution in [2.45, 2.75) is 38.3 Å². The summed E-state index contributed by atoms with van der Waals surface area (Å²) in [5.41, 5.74) is 1.53. The highest BCUT2D eigenvalue weighted by Crippen LogP contribution is 2.19. The quantitative estimate of drug-likeness (QED) is 0.714. The summed E-state index contributed by atoms with van der Waals surface area (Å²) < 4.78 is 14.6. The zero-order valence-electron chi connectivity index (χ0n) is 15.3. The first-order chi connectivity index (χ1) is 13.6. The number of imidazole rings is 1. The fourth-order valence-electron chi connectivity index (χ4n) is 3.55. The maximum atomic E-state index is 13.0. The summed E-state index contributed by atoms with van der Waals surface area (Å²) >= 11 is 0. The molecule has 3 aromatic rings. The summed E-state index contributed by atoms with van der Waals surface area (Å²) in [7, 11) is 0. The monoisotopic (exact) mass is 380 g/mol. The van der Waals surface area contributed by atoms with Gasteiger partial charge in [0.25, 0.3) is 11.8 Å². The Morgan fingerprint density at radius 3 is 2.57 bits per heavy atom. The van der Waals surface area contributed by atoms with E-state index in [9.17, 15) is 14.0 Å². The first kappa shape index (κ1) is 18.2. The lowest BCUT2D eigenvalue weighted by Gasteiger charge is -2.10. The van der Waals surface area contributed by atoms with Crippen LogP contribution in [0.4, 0.5) is 4.39 Å². The third kappa shape index (κ3) is 3.74. The first-order valence-corrected chi connectivity index (χ1v) is 9.42. The first-order valence-electron chi connectivity index (χ1n) is 9.42. The maximum absolute atomic E-state index is 13.0. The number of benzene rings is 1. The lowest BCUT2D eigenvalue weighted by atomic mass is 10.2. The van der Waals surface area contributed by atoms with Gasteiger partial charge in [-0.2, -0.15) is 0 Å². The summed E-state index contributed by atoms with van der Waals surface area (Å²) in [6, 6.07) is 11.4. The summed E-state index contributed by atoms with van der Waals surface area (Å²) in [5.74, 6) is -0.777. The third-order valence-electron chi connectivity index (χ3n) is 5.02. The molecule has 0 spiro atoms. The van der Waals surface area contributed by atoms with Crippen molar-refractivity contribution in [1.29, 1.82) is 0 Å². The van der Waals surface area contributed by atoms with Crippen LogP contribution in [-0.2, 0) is 6.54 Å². The van der Waals surface area contributed by atoms with Gasteiger partial charge in [0.2, 0.25) is 5.82 Å². The number of hydrogen-bond donors (Lipinski definition) is 2. The molecule has 7 heteroatoms. The number of amides is 2. The van der Waals surface area contributed by atoms with Crippen LogP contribution >= 0.6 is 0 Å². The number of aromatic nitrogens is 2. The SMILES string of the molecule is O=C(NCc1ccc(F)cc1)c1nc(C(=O)NC2CCCC2)n2ccccc12. The van der Waals surface area contributed by atoms with Crippen LogP contribution in [0.25, 0.3) is 5.52 Å². The molecule has 0 saturated heterocycles. The van der Waals surface area contributed by atoms with Crippen molar-refractivity contribution < 1.29 is 14.0 Å². The smallest absolute Gasteiger partial charge is 0.287 e. The van der Waals surface area contributed by atoms with E-state index in [1.54, 1.807) is 40.9 Å². The molecule has 2 heterocycles. The van der Waals surface area contributed by atoms with Crippen LogP contribution in [0.2, 0.25) is 0 Å². The Morgan fingerprint density at radius 1 is 1.07 bits per heavy atom. The van der Waals surface area contributed by atoms with Crippen molar-refractivity contribution in [2.75, 3.05) is 0 Å². The summed E-state index contributed by atoms with van der Waals surface area (Å²) in [5, 5.41) is 5.80. The van der Waals surface area contributed by atoms with Crippen LogP contribution in [0.3, 0.4) is 0 Å². The lowest BCUT2D eigenvalue weighted by molar-refractivity contribution is 0.0926. The fourth-order valence-corrected chi connectivity index (χ4v) is 3.55. The third-order valence-corrected chi connectivity index (χ3v) is 5.02. The lowest BCUT2D eigenvalue weighted by Crippen LogP contribution is -2.34. The number of halogens is 1. The average Bonchev–Trinajstić information content (AvgIpc) is 3.35.